The van der Waals surface area contributed by atoms with Crippen molar-refractivity contribution in [3.63, 3.8) is 0 Å². The standard InChI is InChI=1S/C19H23N3O6S2/c1-6-28-17(24)11(2)29-19-22-21-18(30-19)20-15(23)8-7-12-9-13(25-3)16(27-5)14(10-12)26-4/h7-11H,6H2,1-5H3,(H,20,21,23)/b8-7+. The van der Waals surface area contributed by atoms with E-state index in [4.69, 9.17) is 18.9 Å². The summed E-state index contributed by atoms with van der Waals surface area (Å²) in [7, 11) is 4.56. The number of methoxy groups -OCH3 is 3. The lowest BCUT2D eigenvalue weighted by Crippen LogP contribution is -2.16. The van der Waals surface area contributed by atoms with Crippen molar-refractivity contribution in [2.75, 3.05) is 33.3 Å². The summed E-state index contributed by atoms with van der Waals surface area (Å²) in [4.78, 5) is 23.9. The molecule has 162 valence electrons. The molecule has 30 heavy (non-hydrogen) atoms. The van der Waals surface area contributed by atoms with Crippen LogP contribution in [0.1, 0.15) is 19.4 Å². The first-order chi connectivity index (χ1) is 14.4. The van der Waals surface area contributed by atoms with Crippen LogP contribution in [0.5, 0.6) is 17.2 Å². The number of hydrogen-bond donors (Lipinski definition) is 1. The van der Waals surface area contributed by atoms with E-state index in [1.165, 1.54) is 50.5 Å². The first kappa shape index (κ1) is 23.5. The Bertz CT molecular complexity index is 890. The molecule has 0 fully saturated rings. The molecule has 1 atom stereocenters. The average molecular weight is 454 g/mol. The quantitative estimate of drug-likeness (QED) is 0.251. The van der Waals surface area contributed by atoms with Crippen LogP contribution >= 0.6 is 23.1 Å². The van der Waals surface area contributed by atoms with Crippen molar-refractivity contribution in [3.05, 3.63) is 23.8 Å². The van der Waals surface area contributed by atoms with Gasteiger partial charge in [0.15, 0.2) is 15.8 Å². The number of carbonyl (C=O) groups excluding carboxylic acids is 2. The van der Waals surface area contributed by atoms with Gasteiger partial charge in [-0.15, -0.1) is 10.2 Å². The van der Waals surface area contributed by atoms with E-state index in [1.807, 2.05) is 0 Å². The Hall–Kier alpha value is -2.79. The lowest BCUT2D eigenvalue weighted by Gasteiger charge is -2.12. The van der Waals surface area contributed by atoms with Crippen LogP contribution in [0.2, 0.25) is 0 Å². The van der Waals surface area contributed by atoms with Crippen LogP contribution in [0.25, 0.3) is 6.08 Å². The van der Waals surface area contributed by atoms with Crippen LogP contribution in [0.4, 0.5) is 5.13 Å². The molecule has 2 aromatic rings. The Morgan fingerprint density at radius 1 is 1.17 bits per heavy atom. The van der Waals surface area contributed by atoms with E-state index < -0.39 is 5.25 Å². The fraction of sp³-hybridized carbons (Fsp3) is 0.368. The minimum Gasteiger partial charge on any atom is -0.493 e. The Balaban J connectivity index is 2.02. The van der Waals surface area contributed by atoms with Gasteiger partial charge in [0, 0.05) is 6.08 Å². The molecule has 0 saturated carbocycles. The summed E-state index contributed by atoms with van der Waals surface area (Å²) in [5, 5.41) is 10.4. The van der Waals surface area contributed by atoms with Gasteiger partial charge in [-0.25, -0.2) is 0 Å². The highest BCUT2D eigenvalue weighted by molar-refractivity contribution is 8.02. The van der Waals surface area contributed by atoms with E-state index in [-0.39, 0.29) is 11.9 Å². The van der Waals surface area contributed by atoms with Gasteiger partial charge in [-0.05, 0) is 37.6 Å². The highest BCUT2D eigenvalue weighted by atomic mass is 32.2. The highest BCUT2D eigenvalue weighted by Crippen LogP contribution is 2.38. The number of carbonyl (C=O) groups is 2. The van der Waals surface area contributed by atoms with Crippen molar-refractivity contribution in [1.82, 2.24) is 10.2 Å². The third-order valence-corrected chi connectivity index (χ3v) is 5.65. The number of benzene rings is 1. The fourth-order valence-electron chi connectivity index (χ4n) is 2.28. The Labute approximate surface area is 182 Å². The second-order valence-electron chi connectivity index (χ2n) is 5.67. The lowest BCUT2D eigenvalue weighted by atomic mass is 10.1. The highest BCUT2D eigenvalue weighted by Gasteiger charge is 2.18. The Kier molecular flexibility index (Phi) is 8.93. The smallest absolute Gasteiger partial charge is 0.319 e. The van der Waals surface area contributed by atoms with Crippen LogP contribution in [-0.2, 0) is 14.3 Å². The molecule has 1 heterocycles. The number of ether oxygens (including phenoxy) is 4. The van der Waals surface area contributed by atoms with Crippen molar-refractivity contribution in [3.8, 4) is 17.2 Å². The minimum atomic E-state index is -0.415. The maximum Gasteiger partial charge on any atom is 0.319 e. The van der Waals surface area contributed by atoms with Gasteiger partial charge in [-0.2, -0.15) is 0 Å². The summed E-state index contributed by atoms with van der Waals surface area (Å²) in [5.74, 6) is 0.737. The first-order valence-corrected chi connectivity index (χ1v) is 10.6. The van der Waals surface area contributed by atoms with Crippen LogP contribution < -0.4 is 19.5 Å². The second kappa shape index (κ2) is 11.4. The zero-order valence-electron chi connectivity index (χ0n) is 17.3. The molecule has 0 bridgehead atoms. The molecule has 1 N–H and O–H groups in total. The zero-order valence-corrected chi connectivity index (χ0v) is 18.9. The van der Waals surface area contributed by atoms with Crippen molar-refractivity contribution in [2.45, 2.75) is 23.4 Å². The topological polar surface area (TPSA) is 109 Å². The molecule has 1 amide bonds. The van der Waals surface area contributed by atoms with Crippen molar-refractivity contribution in [2.24, 2.45) is 0 Å². The number of anilines is 1. The van der Waals surface area contributed by atoms with Gasteiger partial charge in [-0.3, -0.25) is 14.9 Å². The lowest BCUT2D eigenvalue weighted by molar-refractivity contribution is -0.142. The van der Waals surface area contributed by atoms with Crippen LogP contribution in [0.15, 0.2) is 22.5 Å². The molecule has 0 saturated heterocycles. The molecule has 1 unspecified atom stereocenters. The van der Waals surface area contributed by atoms with Crippen LogP contribution in [-0.4, -0.2) is 55.3 Å². The molecule has 1 aromatic carbocycles. The summed E-state index contributed by atoms with van der Waals surface area (Å²) in [5.41, 5.74) is 0.691. The summed E-state index contributed by atoms with van der Waals surface area (Å²) in [6.07, 6.45) is 2.97. The predicted octanol–water partition coefficient (Wildman–Crippen LogP) is 3.26. The van der Waals surface area contributed by atoms with Crippen LogP contribution in [0.3, 0.4) is 0 Å². The Morgan fingerprint density at radius 3 is 2.40 bits per heavy atom. The summed E-state index contributed by atoms with van der Waals surface area (Å²) < 4.78 is 21.4. The summed E-state index contributed by atoms with van der Waals surface area (Å²) in [6.45, 7) is 3.79. The van der Waals surface area contributed by atoms with E-state index >= 15 is 0 Å². The number of esters is 1. The number of thioether (sulfide) groups is 1. The van der Waals surface area contributed by atoms with E-state index in [9.17, 15) is 9.59 Å². The molecule has 0 aliphatic carbocycles. The van der Waals surface area contributed by atoms with Gasteiger partial charge in [-0.1, -0.05) is 23.1 Å². The third kappa shape index (κ3) is 6.36. The number of aromatic nitrogens is 2. The van der Waals surface area contributed by atoms with Gasteiger partial charge in [0.2, 0.25) is 16.8 Å². The molecule has 11 heteroatoms. The molecule has 0 spiro atoms. The number of amides is 1. The van der Waals surface area contributed by atoms with Gasteiger partial charge in [0.1, 0.15) is 5.25 Å². The van der Waals surface area contributed by atoms with Gasteiger partial charge < -0.3 is 18.9 Å². The predicted molar refractivity (Wildman–Crippen MR) is 116 cm³/mol. The monoisotopic (exact) mass is 453 g/mol. The van der Waals surface area contributed by atoms with Gasteiger partial charge in [0.25, 0.3) is 0 Å². The maximum atomic E-state index is 12.2. The largest absolute Gasteiger partial charge is 0.493 e. The molecular weight excluding hydrogens is 430 g/mol. The van der Waals surface area contributed by atoms with Crippen LogP contribution in [0, 0.1) is 0 Å². The SMILES string of the molecule is CCOC(=O)C(C)Sc1nnc(NC(=O)/C=C/c2cc(OC)c(OC)c(OC)c2)s1. The van der Waals surface area contributed by atoms with Crippen molar-refractivity contribution < 1.29 is 28.5 Å². The zero-order chi connectivity index (χ0) is 22.1. The van der Waals surface area contributed by atoms with E-state index in [0.29, 0.717) is 38.9 Å². The first-order valence-electron chi connectivity index (χ1n) is 8.87. The van der Waals surface area contributed by atoms with E-state index in [2.05, 4.69) is 15.5 Å². The van der Waals surface area contributed by atoms with Crippen molar-refractivity contribution >= 4 is 46.2 Å². The molecule has 9 nitrogen and oxygen atoms in total. The maximum absolute atomic E-state index is 12.2. The normalized spacial score (nSPS) is 11.8. The third-order valence-electron chi connectivity index (χ3n) is 3.65. The minimum absolute atomic E-state index is 0.319. The molecule has 2 rings (SSSR count). The Morgan fingerprint density at radius 2 is 1.83 bits per heavy atom. The van der Waals surface area contributed by atoms with Gasteiger partial charge in [0.05, 0.1) is 27.9 Å². The van der Waals surface area contributed by atoms with Gasteiger partial charge >= 0.3 is 5.97 Å². The summed E-state index contributed by atoms with van der Waals surface area (Å²) in [6, 6.07) is 3.45. The summed E-state index contributed by atoms with van der Waals surface area (Å²) >= 11 is 2.40. The number of nitrogens with one attached hydrogen (secondary N) is 1. The average Bonchev–Trinajstić information content (AvgIpc) is 3.17. The molecule has 0 aliphatic rings. The molecular formula is C19H23N3O6S2. The second-order valence-corrected chi connectivity index (χ2v) is 8.23. The fourth-order valence-corrected chi connectivity index (χ4v) is 4.18. The van der Waals surface area contributed by atoms with Crippen molar-refractivity contribution in [1.29, 1.82) is 0 Å². The van der Waals surface area contributed by atoms with E-state index in [0.717, 1.165) is 0 Å². The number of hydrogen-bond acceptors (Lipinski definition) is 10. The molecule has 1 aromatic heterocycles. The number of nitrogens with zero attached hydrogens (tertiary/aromatic N) is 2. The number of rotatable bonds is 10. The van der Waals surface area contributed by atoms with E-state index in [1.54, 1.807) is 32.1 Å². The molecule has 0 radical (unpaired) electrons. The molecule has 0 aliphatic heterocycles.